The van der Waals surface area contributed by atoms with E-state index in [1.165, 1.54) is 0 Å². The van der Waals surface area contributed by atoms with Crippen LogP contribution in [-0.4, -0.2) is 32.8 Å². The van der Waals surface area contributed by atoms with Gasteiger partial charge >= 0.3 is 0 Å². The first-order chi connectivity index (χ1) is 19.0. The number of halogens is 2. The van der Waals surface area contributed by atoms with Crippen molar-refractivity contribution in [2.45, 2.75) is 52.0 Å². The van der Waals surface area contributed by atoms with Gasteiger partial charge in [0.25, 0.3) is 0 Å². The van der Waals surface area contributed by atoms with Gasteiger partial charge in [-0.05, 0) is 54.5 Å². The minimum atomic E-state index is -0.765. The van der Waals surface area contributed by atoms with Crippen LogP contribution in [0.25, 0.3) is 17.1 Å². The predicted octanol–water partition coefficient (Wildman–Crippen LogP) is 5.88. The molecule has 0 spiro atoms. The molecule has 0 saturated heterocycles. The number of hydrogen-bond acceptors (Lipinski definition) is 5. The average molecular weight is 581 g/mol. The minimum Gasteiger partial charge on any atom is -0.368 e. The van der Waals surface area contributed by atoms with Crippen LogP contribution in [0.15, 0.2) is 65.2 Å². The van der Waals surface area contributed by atoms with E-state index in [1.807, 2.05) is 60.1 Å². The molecule has 0 radical (unpaired) electrons. The summed E-state index contributed by atoms with van der Waals surface area (Å²) in [5.41, 5.74) is 9.39. The number of rotatable bonds is 9. The van der Waals surface area contributed by atoms with Crippen molar-refractivity contribution in [2.24, 2.45) is 17.1 Å². The van der Waals surface area contributed by atoms with Gasteiger partial charge in [-0.2, -0.15) is 5.10 Å². The highest BCUT2D eigenvalue weighted by Gasteiger charge is 2.50. The van der Waals surface area contributed by atoms with Crippen LogP contribution in [0.4, 0.5) is 0 Å². The zero-order valence-corrected chi connectivity index (χ0v) is 24.0. The molecule has 5 rings (SSSR count). The number of amides is 2. The van der Waals surface area contributed by atoms with Gasteiger partial charge in [0.05, 0.1) is 15.7 Å². The number of primary amides is 1. The van der Waals surface area contributed by atoms with Gasteiger partial charge in [0.1, 0.15) is 23.2 Å². The number of carbonyl (C=O) groups is 2. The molecule has 0 unspecified atom stereocenters. The summed E-state index contributed by atoms with van der Waals surface area (Å²) >= 11 is 12.5. The topological polar surface area (TPSA) is 116 Å². The van der Waals surface area contributed by atoms with Crippen LogP contribution in [0.1, 0.15) is 49.6 Å². The van der Waals surface area contributed by atoms with E-state index in [4.69, 9.17) is 38.6 Å². The maximum atomic E-state index is 13.0. The highest BCUT2D eigenvalue weighted by atomic mass is 35.5. The lowest BCUT2D eigenvalue weighted by molar-refractivity contribution is -0.130. The molecule has 2 aromatic carbocycles. The fourth-order valence-corrected chi connectivity index (χ4v) is 5.79. The van der Waals surface area contributed by atoms with Crippen molar-refractivity contribution < 1.29 is 14.1 Å². The Kier molecular flexibility index (Phi) is 7.75. The van der Waals surface area contributed by atoms with Crippen molar-refractivity contribution in [3.8, 4) is 17.1 Å². The minimum absolute atomic E-state index is 0.0950. The number of carbonyl (C=O) groups excluding carboxylic acids is 2. The van der Waals surface area contributed by atoms with Gasteiger partial charge in [-0.15, -0.1) is 0 Å². The lowest BCUT2D eigenvalue weighted by Gasteiger charge is -2.52. The van der Waals surface area contributed by atoms with E-state index >= 15 is 0 Å². The van der Waals surface area contributed by atoms with E-state index in [0.717, 1.165) is 23.4 Å². The van der Waals surface area contributed by atoms with E-state index < -0.39 is 11.9 Å². The van der Waals surface area contributed by atoms with Crippen LogP contribution in [0.2, 0.25) is 10.0 Å². The van der Waals surface area contributed by atoms with Crippen molar-refractivity contribution in [3.05, 3.63) is 87.7 Å². The molecule has 0 aliphatic heterocycles. The summed E-state index contributed by atoms with van der Waals surface area (Å²) in [5.74, 6) is 0.150. The molecular weight excluding hydrogens is 549 g/mol. The van der Waals surface area contributed by atoms with Gasteiger partial charge in [0.2, 0.25) is 11.8 Å². The van der Waals surface area contributed by atoms with Crippen LogP contribution in [0, 0.1) is 18.3 Å². The summed E-state index contributed by atoms with van der Waals surface area (Å²) in [6, 6.07) is 18.0. The largest absolute Gasteiger partial charge is 0.368 e. The van der Waals surface area contributed by atoms with Gasteiger partial charge < -0.3 is 15.6 Å². The molecule has 1 fully saturated rings. The van der Waals surface area contributed by atoms with Crippen LogP contribution < -0.4 is 11.1 Å². The van der Waals surface area contributed by atoms with Crippen molar-refractivity contribution in [1.29, 1.82) is 0 Å². The summed E-state index contributed by atoms with van der Waals surface area (Å²) in [6.07, 6.45) is 1.41. The number of benzene rings is 2. The fourth-order valence-electron chi connectivity index (χ4n) is 5.49. The SMILES string of the molecule is Cc1cc(-c2cc([C@H]3C[C@H](CC(=O)N[C@@H](Cc4ccccc4)C(N)=O)C3(C)C)n(-c3ccc(Cl)c(Cl)c3)n2)no1. The molecule has 10 heteroatoms. The van der Waals surface area contributed by atoms with E-state index in [2.05, 4.69) is 24.3 Å². The maximum Gasteiger partial charge on any atom is 0.240 e. The van der Waals surface area contributed by atoms with Gasteiger partial charge in [-0.1, -0.05) is 72.5 Å². The summed E-state index contributed by atoms with van der Waals surface area (Å²) in [6.45, 7) is 6.14. The molecule has 2 heterocycles. The van der Waals surface area contributed by atoms with E-state index in [9.17, 15) is 9.59 Å². The number of aryl methyl sites for hydroxylation is 1. The van der Waals surface area contributed by atoms with Gasteiger partial charge in [-0.3, -0.25) is 9.59 Å². The maximum absolute atomic E-state index is 13.0. The zero-order valence-electron chi connectivity index (χ0n) is 22.5. The van der Waals surface area contributed by atoms with Crippen LogP contribution in [-0.2, 0) is 16.0 Å². The Labute approximate surface area is 242 Å². The van der Waals surface area contributed by atoms with Gasteiger partial charge in [0, 0.05) is 30.5 Å². The summed E-state index contributed by atoms with van der Waals surface area (Å²) in [5, 5.41) is 12.7. The molecular formula is C30H31Cl2N5O3. The molecule has 8 nitrogen and oxygen atoms in total. The number of hydrogen-bond donors (Lipinski definition) is 2. The van der Waals surface area contributed by atoms with Crippen LogP contribution >= 0.6 is 23.2 Å². The highest BCUT2D eigenvalue weighted by molar-refractivity contribution is 6.42. The third-order valence-corrected chi connectivity index (χ3v) is 8.73. The molecule has 0 bridgehead atoms. The number of nitrogens with two attached hydrogens (primary N) is 1. The molecule has 1 aliphatic rings. The Bertz CT molecular complexity index is 1550. The number of nitrogens with one attached hydrogen (secondary N) is 1. The lowest BCUT2D eigenvalue weighted by Crippen LogP contribution is -2.49. The third kappa shape index (κ3) is 5.64. The third-order valence-electron chi connectivity index (χ3n) is 8.00. The average Bonchev–Trinajstić information content (AvgIpc) is 3.54. The quantitative estimate of drug-likeness (QED) is 0.257. The summed E-state index contributed by atoms with van der Waals surface area (Å²) in [4.78, 5) is 25.1. The Morgan fingerprint density at radius 1 is 1.10 bits per heavy atom. The zero-order chi connectivity index (χ0) is 28.6. The first-order valence-electron chi connectivity index (χ1n) is 13.1. The first-order valence-corrected chi connectivity index (χ1v) is 13.9. The fraction of sp³-hybridized carbons (Fsp3) is 0.333. The Balaban J connectivity index is 1.35. The molecule has 3 atom stereocenters. The molecule has 3 N–H and O–H groups in total. The van der Waals surface area contributed by atoms with Crippen molar-refractivity contribution in [2.75, 3.05) is 0 Å². The lowest BCUT2D eigenvalue weighted by atomic mass is 9.52. The number of nitrogens with zero attached hydrogens (tertiary/aromatic N) is 3. The molecule has 1 aliphatic carbocycles. The first kappa shape index (κ1) is 27.9. The summed E-state index contributed by atoms with van der Waals surface area (Å²) < 4.78 is 7.15. The smallest absolute Gasteiger partial charge is 0.240 e. The molecule has 40 heavy (non-hydrogen) atoms. The van der Waals surface area contributed by atoms with E-state index in [1.54, 1.807) is 12.1 Å². The Morgan fingerprint density at radius 2 is 1.85 bits per heavy atom. The second kappa shape index (κ2) is 11.1. The van der Waals surface area contributed by atoms with Gasteiger partial charge in [0.15, 0.2) is 0 Å². The molecule has 2 amide bonds. The second-order valence-electron chi connectivity index (χ2n) is 11.0. The standard InChI is InChI=1S/C30H31Cl2N5O3/c1-17-11-25(36-40-17)24-16-27(37(35-24)20-9-10-22(31)23(32)15-20)21-13-19(30(21,2)3)14-28(38)34-26(29(33)39)12-18-7-5-4-6-8-18/h4-11,15-16,19,21,26H,12-14H2,1-3H3,(H2,33,39)(H,34,38)/t19-,21-,26+/m1/s1. The van der Waals surface area contributed by atoms with Crippen molar-refractivity contribution in [3.63, 3.8) is 0 Å². The van der Waals surface area contributed by atoms with Crippen molar-refractivity contribution in [1.82, 2.24) is 20.3 Å². The monoisotopic (exact) mass is 579 g/mol. The molecule has 208 valence electrons. The Morgan fingerprint density at radius 3 is 2.48 bits per heavy atom. The molecule has 1 saturated carbocycles. The Hall–Kier alpha value is -3.62. The predicted molar refractivity (Wildman–Crippen MR) is 154 cm³/mol. The normalized spacial score (nSPS) is 18.6. The molecule has 4 aromatic rings. The van der Waals surface area contributed by atoms with Gasteiger partial charge in [-0.25, -0.2) is 4.68 Å². The summed E-state index contributed by atoms with van der Waals surface area (Å²) in [7, 11) is 0. The highest BCUT2D eigenvalue weighted by Crippen LogP contribution is 2.58. The van der Waals surface area contributed by atoms with E-state index in [-0.39, 0.29) is 29.6 Å². The van der Waals surface area contributed by atoms with Crippen molar-refractivity contribution >= 4 is 35.0 Å². The van der Waals surface area contributed by atoms with Crippen LogP contribution in [0.3, 0.4) is 0 Å². The van der Waals surface area contributed by atoms with Crippen LogP contribution in [0.5, 0.6) is 0 Å². The second-order valence-corrected chi connectivity index (χ2v) is 11.8. The molecule has 2 aromatic heterocycles. The van der Waals surface area contributed by atoms with E-state index in [0.29, 0.717) is 33.6 Å². The number of aromatic nitrogens is 3.